The van der Waals surface area contributed by atoms with Crippen LogP contribution in [0.3, 0.4) is 0 Å². The number of rotatable bonds is 5. The molecule has 1 aliphatic rings. The maximum atomic E-state index is 11.3. The maximum Gasteiger partial charge on any atom is 0.229 e. The number of hydrogen-bond donors (Lipinski definition) is 2. The fourth-order valence-electron chi connectivity index (χ4n) is 3.14. The molecule has 1 heterocycles. The Morgan fingerprint density at radius 1 is 1.08 bits per heavy atom. The van der Waals surface area contributed by atoms with Crippen LogP contribution in [0.15, 0.2) is 42.5 Å². The Balaban J connectivity index is 1.69. The van der Waals surface area contributed by atoms with E-state index in [0.29, 0.717) is 5.69 Å². The second-order valence-electron chi connectivity index (χ2n) is 7.55. The largest absolute Gasteiger partial charge is 0.488 e. The zero-order chi connectivity index (χ0) is 18.9. The molecule has 0 saturated carbocycles. The summed E-state index contributed by atoms with van der Waals surface area (Å²) < 4.78 is 31.1. The fourth-order valence-corrected chi connectivity index (χ4v) is 3.70. The van der Waals surface area contributed by atoms with Crippen molar-refractivity contribution in [2.75, 3.05) is 16.3 Å². The van der Waals surface area contributed by atoms with Crippen molar-refractivity contribution in [1.82, 2.24) is 0 Å². The molecule has 0 saturated heterocycles. The zero-order valence-corrected chi connectivity index (χ0v) is 16.5. The molecule has 0 bridgehead atoms. The van der Waals surface area contributed by atoms with E-state index in [-0.39, 0.29) is 11.6 Å². The number of fused-ring (bicyclic) bond motifs is 1. The van der Waals surface area contributed by atoms with E-state index >= 15 is 0 Å². The minimum Gasteiger partial charge on any atom is -0.488 e. The summed E-state index contributed by atoms with van der Waals surface area (Å²) in [7, 11) is -3.25. The van der Waals surface area contributed by atoms with Gasteiger partial charge >= 0.3 is 0 Å². The highest BCUT2D eigenvalue weighted by molar-refractivity contribution is 7.92. The van der Waals surface area contributed by atoms with Gasteiger partial charge in [0.2, 0.25) is 10.0 Å². The van der Waals surface area contributed by atoms with Crippen molar-refractivity contribution in [2.24, 2.45) is 0 Å². The summed E-state index contributed by atoms with van der Waals surface area (Å²) in [5.74, 6) is 0.968. The Labute approximate surface area is 155 Å². The van der Waals surface area contributed by atoms with Gasteiger partial charge in [0.25, 0.3) is 0 Å². The van der Waals surface area contributed by atoms with E-state index in [1.807, 2.05) is 24.3 Å². The standard InChI is InChI=1S/C20H26N2O3S/c1-14(15-5-7-17(8-6-15)22-26(4,23)24)21-18-9-10-19-16(13-18)11-12-20(2,3)25-19/h5-10,13-14,21-22H,11-12H2,1-4H3. The molecule has 3 rings (SSSR count). The van der Waals surface area contributed by atoms with Gasteiger partial charge in [0.15, 0.2) is 0 Å². The predicted molar refractivity (Wildman–Crippen MR) is 106 cm³/mol. The van der Waals surface area contributed by atoms with Gasteiger partial charge in [-0.2, -0.15) is 0 Å². The summed E-state index contributed by atoms with van der Waals surface area (Å²) in [5.41, 5.74) is 3.83. The molecule has 5 nitrogen and oxygen atoms in total. The number of benzene rings is 2. The van der Waals surface area contributed by atoms with Gasteiger partial charge in [0.1, 0.15) is 11.4 Å². The third-order valence-corrected chi connectivity index (χ3v) is 5.15. The van der Waals surface area contributed by atoms with E-state index in [1.165, 1.54) is 5.56 Å². The molecule has 6 heteroatoms. The van der Waals surface area contributed by atoms with E-state index in [9.17, 15) is 8.42 Å². The number of ether oxygens (including phenoxy) is 1. The van der Waals surface area contributed by atoms with Crippen molar-refractivity contribution in [2.45, 2.75) is 45.3 Å². The molecule has 0 amide bonds. The lowest BCUT2D eigenvalue weighted by atomic mass is 9.94. The third-order valence-electron chi connectivity index (χ3n) is 4.54. The number of sulfonamides is 1. The van der Waals surface area contributed by atoms with Crippen molar-refractivity contribution >= 4 is 21.4 Å². The Bertz CT molecular complexity index is 890. The molecule has 2 N–H and O–H groups in total. The molecule has 0 radical (unpaired) electrons. The first kappa shape index (κ1) is 18.6. The van der Waals surface area contributed by atoms with Crippen LogP contribution in [0.25, 0.3) is 0 Å². The van der Waals surface area contributed by atoms with E-state index in [4.69, 9.17) is 4.74 Å². The Hall–Kier alpha value is -2.21. The Morgan fingerprint density at radius 2 is 1.73 bits per heavy atom. The molecule has 1 aliphatic heterocycles. The van der Waals surface area contributed by atoms with Gasteiger partial charge in [0, 0.05) is 17.4 Å². The number of aryl methyl sites for hydroxylation is 1. The quantitative estimate of drug-likeness (QED) is 0.817. The molecule has 2 aromatic carbocycles. The first-order chi connectivity index (χ1) is 12.1. The molecule has 1 unspecified atom stereocenters. The van der Waals surface area contributed by atoms with Crippen molar-refractivity contribution in [1.29, 1.82) is 0 Å². The van der Waals surface area contributed by atoms with Crippen LogP contribution in [0.4, 0.5) is 11.4 Å². The fraction of sp³-hybridized carbons (Fsp3) is 0.400. The highest BCUT2D eigenvalue weighted by atomic mass is 32.2. The number of anilines is 2. The molecular weight excluding hydrogens is 348 g/mol. The predicted octanol–water partition coefficient (Wildman–Crippen LogP) is 4.33. The lowest BCUT2D eigenvalue weighted by Crippen LogP contribution is -2.32. The van der Waals surface area contributed by atoms with Crippen LogP contribution in [-0.4, -0.2) is 20.3 Å². The molecule has 0 fully saturated rings. The van der Waals surface area contributed by atoms with Crippen molar-refractivity contribution in [3.8, 4) is 5.75 Å². The average molecular weight is 375 g/mol. The summed E-state index contributed by atoms with van der Waals surface area (Å²) in [6.07, 6.45) is 3.16. The van der Waals surface area contributed by atoms with Crippen LogP contribution in [0.1, 0.15) is 44.4 Å². The van der Waals surface area contributed by atoms with Crippen molar-refractivity contribution in [3.63, 3.8) is 0 Å². The first-order valence-electron chi connectivity index (χ1n) is 8.78. The van der Waals surface area contributed by atoms with Crippen LogP contribution in [-0.2, 0) is 16.4 Å². The molecule has 2 aromatic rings. The maximum absolute atomic E-state index is 11.3. The van der Waals surface area contributed by atoms with Gasteiger partial charge < -0.3 is 10.1 Å². The number of nitrogens with one attached hydrogen (secondary N) is 2. The molecule has 0 aliphatic carbocycles. The number of hydrogen-bond acceptors (Lipinski definition) is 4. The van der Waals surface area contributed by atoms with E-state index in [0.717, 1.165) is 36.1 Å². The topological polar surface area (TPSA) is 67.4 Å². The summed E-state index contributed by atoms with van der Waals surface area (Å²) >= 11 is 0. The second kappa shape index (κ2) is 6.83. The summed E-state index contributed by atoms with van der Waals surface area (Å²) in [6, 6.07) is 13.7. The molecule has 0 spiro atoms. The van der Waals surface area contributed by atoms with Gasteiger partial charge in [0.05, 0.1) is 6.26 Å². The van der Waals surface area contributed by atoms with Crippen LogP contribution >= 0.6 is 0 Å². The smallest absolute Gasteiger partial charge is 0.229 e. The molecule has 140 valence electrons. The van der Waals surface area contributed by atoms with Crippen molar-refractivity contribution < 1.29 is 13.2 Å². The van der Waals surface area contributed by atoms with Gasteiger partial charge in [-0.25, -0.2) is 8.42 Å². The van der Waals surface area contributed by atoms with E-state index in [2.05, 4.69) is 36.9 Å². The van der Waals surface area contributed by atoms with Gasteiger partial charge in [-0.3, -0.25) is 4.72 Å². The first-order valence-corrected chi connectivity index (χ1v) is 10.7. The van der Waals surface area contributed by atoms with Crippen molar-refractivity contribution in [3.05, 3.63) is 53.6 Å². The summed E-state index contributed by atoms with van der Waals surface area (Å²) in [4.78, 5) is 0. The van der Waals surface area contributed by atoms with Gasteiger partial charge in [-0.15, -0.1) is 0 Å². The van der Waals surface area contributed by atoms with Crippen LogP contribution in [0.2, 0.25) is 0 Å². The lowest BCUT2D eigenvalue weighted by molar-refractivity contribution is 0.0847. The van der Waals surface area contributed by atoms with Gasteiger partial charge in [-0.05, 0) is 75.1 Å². The average Bonchev–Trinajstić information content (AvgIpc) is 2.53. The Morgan fingerprint density at radius 3 is 2.38 bits per heavy atom. The minimum absolute atomic E-state index is 0.0984. The summed E-state index contributed by atoms with van der Waals surface area (Å²) in [6.45, 7) is 6.32. The SMILES string of the molecule is CC(Nc1ccc2c(c1)CCC(C)(C)O2)c1ccc(NS(C)(=O)=O)cc1. The van der Waals surface area contributed by atoms with Gasteiger partial charge in [-0.1, -0.05) is 12.1 Å². The normalized spacial score (nSPS) is 16.9. The minimum atomic E-state index is -3.25. The summed E-state index contributed by atoms with van der Waals surface area (Å²) in [5, 5.41) is 3.50. The lowest BCUT2D eigenvalue weighted by Gasteiger charge is -2.33. The highest BCUT2D eigenvalue weighted by Gasteiger charge is 2.26. The van der Waals surface area contributed by atoms with Crippen LogP contribution in [0.5, 0.6) is 5.75 Å². The monoisotopic (exact) mass is 374 g/mol. The molecule has 1 atom stereocenters. The van der Waals surface area contributed by atoms with E-state index < -0.39 is 10.0 Å². The Kier molecular flexibility index (Phi) is 4.88. The third kappa shape index (κ3) is 4.69. The highest BCUT2D eigenvalue weighted by Crippen LogP contribution is 2.35. The second-order valence-corrected chi connectivity index (χ2v) is 9.29. The van der Waals surface area contributed by atoms with E-state index in [1.54, 1.807) is 12.1 Å². The van der Waals surface area contributed by atoms with Crippen LogP contribution < -0.4 is 14.8 Å². The molecular formula is C20H26N2O3S. The van der Waals surface area contributed by atoms with Crippen LogP contribution in [0, 0.1) is 0 Å². The molecule has 26 heavy (non-hydrogen) atoms. The zero-order valence-electron chi connectivity index (χ0n) is 15.7. The molecule has 0 aromatic heterocycles.